The van der Waals surface area contributed by atoms with Gasteiger partial charge in [0.15, 0.2) is 0 Å². The summed E-state index contributed by atoms with van der Waals surface area (Å²) in [6, 6.07) is 18.2. The molecule has 0 bridgehead atoms. The number of benzene rings is 3. The van der Waals surface area contributed by atoms with Gasteiger partial charge >= 0.3 is 6.36 Å². The Morgan fingerprint density at radius 2 is 1.66 bits per heavy atom. The summed E-state index contributed by atoms with van der Waals surface area (Å²) >= 11 is 0. The number of nitrogens with one attached hydrogen (secondary N) is 1. The zero-order valence-electron chi connectivity index (χ0n) is 15.1. The molecule has 3 aromatic carbocycles. The highest BCUT2D eigenvalue weighted by Gasteiger charge is 2.31. The molecule has 0 aliphatic heterocycles. The Kier molecular flexibility index (Phi) is 6.25. The highest BCUT2D eigenvalue weighted by Crippen LogP contribution is 2.25. The molecular weight excluding hydrogens is 383 g/mol. The molecule has 0 aliphatic rings. The Labute approximate surface area is 165 Å². The van der Waals surface area contributed by atoms with E-state index < -0.39 is 12.3 Å². The number of carbonyl (C=O) groups is 1. The predicted molar refractivity (Wildman–Crippen MR) is 103 cm³/mol. The SMILES string of the molecule is O=C(NCC#CCOc1cccc2ccccc12)c1ccc(OC(F)(F)F)cc1. The van der Waals surface area contributed by atoms with Crippen LogP contribution in [0.4, 0.5) is 13.2 Å². The van der Waals surface area contributed by atoms with Gasteiger partial charge in [-0.2, -0.15) is 0 Å². The van der Waals surface area contributed by atoms with Gasteiger partial charge in [-0.15, -0.1) is 13.2 Å². The normalized spacial score (nSPS) is 10.7. The molecule has 3 aromatic rings. The van der Waals surface area contributed by atoms with Crippen molar-refractivity contribution >= 4 is 16.7 Å². The van der Waals surface area contributed by atoms with Crippen LogP contribution in [0.15, 0.2) is 66.7 Å². The molecule has 1 amide bonds. The van der Waals surface area contributed by atoms with Crippen LogP contribution in [-0.4, -0.2) is 25.4 Å². The van der Waals surface area contributed by atoms with Crippen molar-refractivity contribution in [1.82, 2.24) is 5.32 Å². The first kappa shape index (κ1) is 20.1. The molecule has 1 N–H and O–H groups in total. The number of amides is 1. The predicted octanol–water partition coefficient (Wildman–Crippen LogP) is 4.55. The van der Waals surface area contributed by atoms with E-state index in [0.717, 1.165) is 28.7 Å². The fourth-order valence-electron chi connectivity index (χ4n) is 2.58. The lowest BCUT2D eigenvalue weighted by Gasteiger charge is -2.09. The highest BCUT2D eigenvalue weighted by atomic mass is 19.4. The quantitative estimate of drug-likeness (QED) is 0.641. The maximum atomic E-state index is 12.1. The van der Waals surface area contributed by atoms with Crippen LogP contribution in [0.1, 0.15) is 10.4 Å². The third kappa shape index (κ3) is 5.91. The molecule has 0 heterocycles. The number of hydrogen-bond acceptors (Lipinski definition) is 3. The molecule has 0 atom stereocenters. The lowest BCUT2D eigenvalue weighted by Crippen LogP contribution is -2.23. The number of ether oxygens (including phenoxy) is 2. The molecule has 0 fully saturated rings. The minimum Gasteiger partial charge on any atom is -0.480 e. The Balaban J connectivity index is 1.47. The van der Waals surface area contributed by atoms with Gasteiger partial charge in [-0.1, -0.05) is 48.2 Å². The van der Waals surface area contributed by atoms with E-state index in [-0.39, 0.29) is 24.5 Å². The highest BCUT2D eigenvalue weighted by molar-refractivity contribution is 5.94. The number of hydrogen-bond donors (Lipinski definition) is 1. The van der Waals surface area contributed by atoms with Crippen LogP contribution in [0.2, 0.25) is 0 Å². The summed E-state index contributed by atoms with van der Waals surface area (Å²) in [5.74, 6) is 5.46. The van der Waals surface area contributed by atoms with Gasteiger partial charge in [-0.3, -0.25) is 4.79 Å². The van der Waals surface area contributed by atoms with Gasteiger partial charge in [-0.25, -0.2) is 0 Å². The van der Waals surface area contributed by atoms with Gasteiger partial charge in [0.2, 0.25) is 0 Å². The van der Waals surface area contributed by atoms with Crippen molar-refractivity contribution in [2.75, 3.05) is 13.2 Å². The lowest BCUT2D eigenvalue weighted by molar-refractivity contribution is -0.274. The van der Waals surface area contributed by atoms with Gasteiger partial charge in [0.25, 0.3) is 5.91 Å². The van der Waals surface area contributed by atoms with Crippen LogP contribution in [0.5, 0.6) is 11.5 Å². The van der Waals surface area contributed by atoms with Crippen LogP contribution < -0.4 is 14.8 Å². The Hall–Kier alpha value is -3.66. The maximum Gasteiger partial charge on any atom is 0.573 e. The number of alkyl halides is 3. The topological polar surface area (TPSA) is 47.6 Å². The fourth-order valence-corrected chi connectivity index (χ4v) is 2.58. The minimum absolute atomic E-state index is 0.0819. The summed E-state index contributed by atoms with van der Waals surface area (Å²) in [5.41, 5.74) is 0.202. The summed E-state index contributed by atoms with van der Waals surface area (Å²) in [4.78, 5) is 12.0. The molecule has 4 nitrogen and oxygen atoms in total. The Bertz CT molecular complexity index is 1050. The van der Waals surface area contributed by atoms with Crippen molar-refractivity contribution in [2.24, 2.45) is 0 Å². The molecule has 3 rings (SSSR count). The van der Waals surface area contributed by atoms with Crippen molar-refractivity contribution in [3.63, 3.8) is 0 Å². The number of fused-ring (bicyclic) bond motifs is 1. The monoisotopic (exact) mass is 399 g/mol. The van der Waals surface area contributed by atoms with Crippen LogP contribution in [-0.2, 0) is 0 Å². The third-order valence-electron chi connectivity index (χ3n) is 3.86. The number of halogens is 3. The molecule has 7 heteroatoms. The molecule has 148 valence electrons. The molecule has 0 saturated heterocycles. The first-order chi connectivity index (χ1) is 13.9. The zero-order chi connectivity index (χ0) is 20.7. The first-order valence-electron chi connectivity index (χ1n) is 8.63. The van der Waals surface area contributed by atoms with Crippen molar-refractivity contribution in [3.8, 4) is 23.3 Å². The van der Waals surface area contributed by atoms with E-state index in [4.69, 9.17) is 4.74 Å². The summed E-state index contributed by atoms with van der Waals surface area (Å²) < 4.78 is 45.8. The van der Waals surface area contributed by atoms with Crippen molar-refractivity contribution in [2.45, 2.75) is 6.36 Å². The first-order valence-corrected chi connectivity index (χ1v) is 8.63. The van der Waals surface area contributed by atoms with Crippen molar-refractivity contribution in [1.29, 1.82) is 0 Å². The molecule has 0 spiro atoms. The van der Waals surface area contributed by atoms with Crippen LogP contribution in [0, 0.1) is 11.8 Å². The van der Waals surface area contributed by atoms with E-state index in [1.165, 1.54) is 12.1 Å². The van der Waals surface area contributed by atoms with Gasteiger partial charge < -0.3 is 14.8 Å². The van der Waals surface area contributed by atoms with Crippen LogP contribution in [0.3, 0.4) is 0 Å². The van der Waals surface area contributed by atoms with Crippen LogP contribution >= 0.6 is 0 Å². The summed E-state index contributed by atoms with van der Waals surface area (Å²) in [6.45, 7) is 0.242. The minimum atomic E-state index is -4.77. The second-order valence-electron chi connectivity index (χ2n) is 5.87. The average molecular weight is 399 g/mol. The van der Waals surface area contributed by atoms with Crippen molar-refractivity contribution < 1.29 is 27.4 Å². The second kappa shape index (κ2) is 9.02. The molecule has 0 unspecified atom stereocenters. The average Bonchev–Trinajstić information content (AvgIpc) is 2.70. The number of carbonyl (C=O) groups excluding carboxylic acids is 1. The molecule has 0 aromatic heterocycles. The molecule has 29 heavy (non-hydrogen) atoms. The molecule has 0 saturated carbocycles. The van der Waals surface area contributed by atoms with E-state index in [9.17, 15) is 18.0 Å². The van der Waals surface area contributed by atoms with E-state index in [2.05, 4.69) is 21.9 Å². The zero-order valence-corrected chi connectivity index (χ0v) is 15.1. The maximum absolute atomic E-state index is 12.1. The Morgan fingerprint density at radius 3 is 2.41 bits per heavy atom. The Morgan fingerprint density at radius 1 is 0.931 bits per heavy atom. The molecule has 0 radical (unpaired) electrons. The smallest absolute Gasteiger partial charge is 0.480 e. The second-order valence-corrected chi connectivity index (χ2v) is 5.87. The van der Waals surface area contributed by atoms with E-state index in [0.29, 0.717) is 0 Å². The van der Waals surface area contributed by atoms with Gasteiger partial charge in [0.05, 0.1) is 6.54 Å². The summed E-state index contributed by atoms with van der Waals surface area (Å²) in [7, 11) is 0. The van der Waals surface area contributed by atoms with Gasteiger partial charge in [-0.05, 0) is 35.7 Å². The van der Waals surface area contributed by atoms with Gasteiger partial charge in [0.1, 0.15) is 18.1 Å². The summed E-state index contributed by atoms with van der Waals surface area (Å²) in [5, 5.41) is 4.62. The fraction of sp³-hybridized carbons (Fsp3) is 0.136. The van der Waals surface area contributed by atoms with Crippen molar-refractivity contribution in [3.05, 3.63) is 72.3 Å². The van der Waals surface area contributed by atoms with Crippen LogP contribution in [0.25, 0.3) is 10.8 Å². The number of rotatable bonds is 5. The lowest BCUT2D eigenvalue weighted by atomic mass is 10.1. The van der Waals surface area contributed by atoms with E-state index in [1.54, 1.807) is 0 Å². The third-order valence-corrected chi connectivity index (χ3v) is 3.86. The summed E-state index contributed by atoms with van der Waals surface area (Å²) in [6.07, 6.45) is -4.77. The van der Waals surface area contributed by atoms with E-state index in [1.807, 2.05) is 42.5 Å². The largest absolute Gasteiger partial charge is 0.573 e. The van der Waals surface area contributed by atoms with E-state index >= 15 is 0 Å². The molecular formula is C22H16F3NO3. The van der Waals surface area contributed by atoms with Gasteiger partial charge in [0, 0.05) is 10.9 Å². The standard InChI is InChI=1S/C22H16F3NO3/c23-22(24,25)29-18-12-10-17(11-13-18)21(27)26-14-3-4-15-28-20-9-5-7-16-6-1-2-8-19(16)20/h1-2,5-13H,14-15H2,(H,26,27). The molecule has 0 aliphatic carbocycles.